The van der Waals surface area contributed by atoms with Gasteiger partial charge in [-0.25, -0.2) is 4.98 Å². The summed E-state index contributed by atoms with van der Waals surface area (Å²) in [6.07, 6.45) is 3.88. The summed E-state index contributed by atoms with van der Waals surface area (Å²) in [6.45, 7) is 2.89. The van der Waals surface area contributed by atoms with Crippen molar-refractivity contribution in [1.82, 2.24) is 9.55 Å². The number of halogens is 1. The Labute approximate surface area is 134 Å². The van der Waals surface area contributed by atoms with Gasteiger partial charge in [0.15, 0.2) is 0 Å². The molecule has 1 aromatic heterocycles. The second kappa shape index (κ2) is 6.29. The van der Waals surface area contributed by atoms with Gasteiger partial charge in [0.1, 0.15) is 5.82 Å². The summed E-state index contributed by atoms with van der Waals surface area (Å²) in [6, 6.07) is 7.87. The molecule has 0 amide bonds. The number of thioether (sulfide) groups is 1. The van der Waals surface area contributed by atoms with Crippen LogP contribution in [0.1, 0.15) is 43.0 Å². The number of nitriles is 1. The lowest BCUT2D eigenvalue weighted by Gasteiger charge is -2.23. The number of alkyl halides is 1. The quantitative estimate of drug-likeness (QED) is 0.782. The maximum Gasteiger partial charge on any atom is 0.127 e. The molecule has 0 spiro atoms. The van der Waals surface area contributed by atoms with E-state index in [2.05, 4.69) is 15.6 Å². The van der Waals surface area contributed by atoms with Crippen molar-refractivity contribution in [3.63, 3.8) is 0 Å². The fourth-order valence-corrected chi connectivity index (χ4v) is 4.32. The molecule has 0 N–H and O–H groups in total. The Morgan fingerprint density at radius 2 is 2.38 bits per heavy atom. The molecular weight excluding hydrogens is 302 g/mol. The molecule has 0 bridgehead atoms. The van der Waals surface area contributed by atoms with Gasteiger partial charge in [-0.15, -0.1) is 11.6 Å². The van der Waals surface area contributed by atoms with E-state index in [0.29, 0.717) is 10.8 Å². The third kappa shape index (κ3) is 3.04. The van der Waals surface area contributed by atoms with E-state index >= 15 is 0 Å². The molecule has 2 aromatic rings. The highest BCUT2D eigenvalue weighted by molar-refractivity contribution is 7.99. The number of benzene rings is 1. The van der Waals surface area contributed by atoms with Crippen LogP contribution in [-0.2, 0) is 6.54 Å². The summed E-state index contributed by atoms with van der Waals surface area (Å²) in [5.41, 5.74) is 2.63. The topological polar surface area (TPSA) is 41.6 Å². The molecular formula is C16H18ClN3S. The van der Waals surface area contributed by atoms with Crippen molar-refractivity contribution in [2.45, 2.75) is 43.4 Å². The van der Waals surface area contributed by atoms with Crippen LogP contribution in [0.4, 0.5) is 0 Å². The number of hydrogen-bond acceptors (Lipinski definition) is 3. The predicted octanol–water partition coefficient (Wildman–Crippen LogP) is 4.49. The van der Waals surface area contributed by atoms with Gasteiger partial charge in [0.25, 0.3) is 0 Å². The fraction of sp³-hybridized carbons (Fsp3) is 0.500. The van der Waals surface area contributed by atoms with Crippen molar-refractivity contribution < 1.29 is 0 Å². The van der Waals surface area contributed by atoms with Crippen molar-refractivity contribution in [3.05, 3.63) is 29.6 Å². The predicted molar refractivity (Wildman–Crippen MR) is 88.8 cm³/mol. The van der Waals surface area contributed by atoms with Crippen LogP contribution in [0.15, 0.2) is 18.2 Å². The highest BCUT2D eigenvalue weighted by Crippen LogP contribution is 2.31. The Morgan fingerprint density at radius 3 is 3.05 bits per heavy atom. The molecule has 2 heterocycles. The zero-order valence-corrected chi connectivity index (χ0v) is 13.6. The number of imidazole rings is 1. The van der Waals surface area contributed by atoms with Gasteiger partial charge in [-0.05, 0) is 43.7 Å². The van der Waals surface area contributed by atoms with Crippen LogP contribution >= 0.6 is 23.4 Å². The summed E-state index contributed by atoms with van der Waals surface area (Å²) < 4.78 is 2.22. The third-order valence-electron chi connectivity index (χ3n) is 3.92. The van der Waals surface area contributed by atoms with Crippen LogP contribution in [0.3, 0.4) is 0 Å². The average Bonchev–Trinajstić information content (AvgIpc) is 2.86. The molecule has 21 heavy (non-hydrogen) atoms. The number of nitrogens with zero attached hydrogens (tertiary/aromatic N) is 3. The molecule has 0 radical (unpaired) electrons. The van der Waals surface area contributed by atoms with Crippen LogP contribution in [-0.4, -0.2) is 20.6 Å². The maximum absolute atomic E-state index is 9.12. The molecule has 1 aromatic carbocycles. The molecule has 2 atom stereocenters. The smallest absolute Gasteiger partial charge is 0.127 e. The lowest BCUT2D eigenvalue weighted by atomic mass is 10.1. The van der Waals surface area contributed by atoms with E-state index in [1.807, 2.05) is 36.9 Å². The van der Waals surface area contributed by atoms with Crippen LogP contribution in [0.5, 0.6) is 0 Å². The van der Waals surface area contributed by atoms with E-state index in [9.17, 15) is 0 Å². The van der Waals surface area contributed by atoms with E-state index in [0.717, 1.165) is 23.4 Å². The standard InChI is InChI=1S/C16H18ClN3S/c1-11(17)16-19-14-6-5-12(9-18)8-15(14)20(16)10-13-4-2-3-7-21-13/h5-6,8,11,13H,2-4,7,10H2,1H3. The van der Waals surface area contributed by atoms with Crippen LogP contribution < -0.4 is 0 Å². The highest BCUT2D eigenvalue weighted by Gasteiger charge is 2.20. The summed E-state index contributed by atoms with van der Waals surface area (Å²) in [5.74, 6) is 2.15. The number of fused-ring (bicyclic) bond motifs is 1. The number of hydrogen-bond donors (Lipinski definition) is 0. The third-order valence-corrected chi connectivity index (χ3v) is 5.50. The minimum absolute atomic E-state index is 0.128. The monoisotopic (exact) mass is 319 g/mol. The Balaban J connectivity index is 2.03. The molecule has 5 heteroatoms. The van der Waals surface area contributed by atoms with Gasteiger partial charge in [-0.1, -0.05) is 6.42 Å². The van der Waals surface area contributed by atoms with Gasteiger partial charge in [0.2, 0.25) is 0 Å². The molecule has 1 fully saturated rings. The van der Waals surface area contributed by atoms with Crippen molar-refractivity contribution in [3.8, 4) is 6.07 Å². The van der Waals surface area contributed by atoms with Crippen molar-refractivity contribution >= 4 is 34.4 Å². The maximum atomic E-state index is 9.12. The normalized spacial score (nSPS) is 20.3. The summed E-state index contributed by atoms with van der Waals surface area (Å²) in [4.78, 5) is 4.67. The van der Waals surface area contributed by atoms with Crippen molar-refractivity contribution in [2.75, 3.05) is 5.75 Å². The largest absolute Gasteiger partial charge is 0.326 e. The van der Waals surface area contributed by atoms with E-state index in [1.165, 1.54) is 25.0 Å². The van der Waals surface area contributed by atoms with Crippen LogP contribution in [0, 0.1) is 11.3 Å². The minimum Gasteiger partial charge on any atom is -0.326 e. The fourth-order valence-electron chi connectivity index (χ4n) is 2.86. The minimum atomic E-state index is -0.128. The van der Waals surface area contributed by atoms with Gasteiger partial charge in [-0.3, -0.25) is 0 Å². The van der Waals surface area contributed by atoms with Gasteiger partial charge in [-0.2, -0.15) is 17.0 Å². The second-order valence-corrected chi connectivity index (χ2v) is 7.56. The molecule has 1 aliphatic heterocycles. The van der Waals surface area contributed by atoms with Crippen molar-refractivity contribution in [1.29, 1.82) is 5.26 Å². The van der Waals surface area contributed by atoms with Gasteiger partial charge in [0, 0.05) is 11.8 Å². The first-order valence-corrected chi connectivity index (χ1v) is 8.83. The Hall–Kier alpha value is -1.18. The van der Waals surface area contributed by atoms with Gasteiger partial charge < -0.3 is 4.57 Å². The Morgan fingerprint density at radius 1 is 1.52 bits per heavy atom. The Kier molecular flexibility index (Phi) is 4.42. The summed E-state index contributed by atoms with van der Waals surface area (Å²) in [5, 5.41) is 9.61. The SMILES string of the molecule is CC(Cl)c1nc2ccc(C#N)cc2n1CC1CCCCS1. The average molecular weight is 320 g/mol. The lowest BCUT2D eigenvalue weighted by molar-refractivity contribution is 0.575. The number of rotatable bonds is 3. The van der Waals surface area contributed by atoms with Crippen molar-refractivity contribution in [2.24, 2.45) is 0 Å². The van der Waals surface area contributed by atoms with Gasteiger partial charge >= 0.3 is 0 Å². The highest BCUT2D eigenvalue weighted by atomic mass is 35.5. The first kappa shape index (κ1) is 14.7. The second-order valence-electron chi connectivity index (χ2n) is 5.50. The molecule has 3 rings (SSSR count). The lowest BCUT2D eigenvalue weighted by Crippen LogP contribution is -2.18. The summed E-state index contributed by atoms with van der Waals surface area (Å²) >= 11 is 8.36. The molecule has 0 saturated carbocycles. The first-order valence-electron chi connectivity index (χ1n) is 7.35. The number of aromatic nitrogens is 2. The Bertz CT molecular complexity index is 681. The van der Waals surface area contributed by atoms with Crippen LogP contribution in [0.25, 0.3) is 11.0 Å². The van der Waals surface area contributed by atoms with E-state index in [4.69, 9.17) is 16.9 Å². The van der Waals surface area contributed by atoms with E-state index in [1.54, 1.807) is 0 Å². The zero-order valence-electron chi connectivity index (χ0n) is 12.1. The zero-order chi connectivity index (χ0) is 14.8. The van der Waals surface area contributed by atoms with E-state index in [-0.39, 0.29) is 5.38 Å². The van der Waals surface area contributed by atoms with Crippen LogP contribution in [0.2, 0.25) is 0 Å². The molecule has 110 valence electrons. The molecule has 2 unspecified atom stereocenters. The van der Waals surface area contributed by atoms with Gasteiger partial charge in [0.05, 0.1) is 28.0 Å². The summed E-state index contributed by atoms with van der Waals surface area (Å²) in [7, 11) is 0. The molecule has 0 aliphatic carbocycles. The molecule has 1 aliphatic rings. The van der Waals surface area contributed by atoms with E-state index < -0.39 is 0 Å². The molecule has 3 nitrogen and oxygen atoms in total. The molecule has 1 saturated heterocycles. The first-order chi connectivity index (χ1) is 10.2.